The molecule has 1 N–H and O–H groups in total. The Hall–Kier alpha value is -4.45. The molecule has 0 aliphatic rings. The van der Waals surface area contributed by atoms with Gasteiger partial charge in [-0.1, -0.05) is 54.6 Å². The summed E-state index contributed by atoms with van der Waals surface area (Å²) in [5.41, 5.74) is 3.51. The molecular formula is C30H21F3N2O. The van der Waals surface area contributed by atoms with Gasteiger partial charge in [0.2, 0.25) is 0 Å². The van der Waals surface area contributed by atoms with Crippen LogP contribution >= 0.6 is 0 Å². The fourth-order valence-corrected chi connectivity index (χ4v) is 4.24. The minimum absolute atomic E-state index is 0.0464. The Kier molecular flexibility index (Phi) is 6.02. The van der Waals surface area contributed by atoms with Crippen LogP contribution in [0.1, 0.15) is 21.5 Å². The van der Waals surface area contributed by atoms with Crippen LogP contribution in [0.5, 0.6) is 0 Å². The number of carbonyl (C=O) groups excluding carboxylic acids is 1. The molecule has 0 unspecified atom stereocenters. The molecule has 36 heavy (non-hydrogen) atoms. The fourth-order valence-electron chi connectivity index (χ4n) is 4.24. The Balaban J connectivity index is 1.52. The van der Waals surface area contributed by atoms with Gasteiger partial charge in [-0.15, -0.1) is 0 Å². The van der Waals surface area contributed by atoms with Gasteiger partial charge in [0, 0.05) is 29.0 Å². The van der Waals surface area contributed by atoms with Crippen LogP contribution in [-0.2, 0) is 6.18 Å². The highest BCUT2D eigenvalue weighted by molar-refractivity contribution is 6.09. The van der Waals surface area contributed by atoms with Crippen molar-refractivity contribution < 1.29 is 18.0 Å². The lowest BCUT2D eigenvalue weighted by Crippen LogP contribution is -2.15. The van der Waals surface area contributed by atoms with E-state index in [0.29, 0.717) is 16.8 Å². The number of amides is 1. The van der Waals surface area contributed by atoms with Crippen molar-refractivity contribution in [1.82, 2.24) is 4.98 Å². The Labute approximate surface area is 206 Å². The molecule has 0 saturated carbocycles. The molecule has 0 spiro atoms. The smallest absolute Gasteiger partial charge is 0.322 e. The average Bonchev–Trinajstić information content (AvgIpc) is 2.89. The number of carbonyl (C=O) groups is 1. The second-order valence-corrected chi connectivity index (χ2v) is 8.55. The van der Waals surface area contributed by atoms with Crippen LogP contribution in [-0.4, -0.2) is 10.9 Å². The number of hydrogen-bond donors (Lipinski definition) is 1. The molecule has 0 bridgehead atoms. The Morgan fingerprint density at radius 1 is 0.778 bits per heavy atom. The van der Waals surface area contributed by atoms with E-state index in [9.17, 15) is 18.0 Å². The van der Waals surface area contributed by atoms with Crippen LogP contribution < -0.4 is 5.32 Å². The molecular weight excluding hydrogens is 461 g/mol. The highest BCUT2D eigenvalue weighted by Gasteiger charge is 2.32. The van der Waals surface area contributed by atoms with Crippen LogP contribution in [0.2, 0.25) is 0 Å². The summed E-state index contributed by atoms with van der Waals surface area (Å²) in [6.07, 6.45) is -1.04. The lowest BCUT2D eigenvalue weighted by Gasteiger charge is -2.15. The maximum Gasteiger partial charge on any atom is 0.416 e. The van der Waals surface area contributed by atoms with Gasteiger partial charge in [-0.25, -0.2) is 0 Å². The van der Waals surface area contributed by atoms with Crippen molar-refractivity contribution in [3.63, 3.8) is 0 Å². The van der Waals surface area contributed by atoms with Gasteiger partial charge in [-0.05, 0) is 76.5 Å². The number of anilines is 1. The van der Waals surface area contributed by atoms with E-state index in [2.05, 4.69) is 10.3 Å². The number of aromatic nitrogens is 1. The number of fused-ring (bicyclic) bond motifs is 1. The molecule has 5 aromatic rings. The molecule has 1 amide bonds. The number of pyridine rings is 1. The van der Waals surface area contributed by atoms with Gasteiger partial charge in [0.05, 0.1) is 5.56 Å². The number of aryl methyl sites for hydroxylation is 1. The van der Waals surface area contributed by atoms with E-state index in [1.807, 2.05) is 49.4 Å². The van der Waals surface area contributed by atoms with E-state index < -0.39 is 17.6 Å². The van der Waals surface area contributed by atoms with Crippen molar-refractivity contribution in [3.8, 4) is 22.3 Å². The van der Waals surface area contributed by atoms with E-state index in [4.69, 9.17) is 0 Å². The number of nitrogens with one attached hydrogen (secondary N) is 1. The topological polar surface area (TPSA) is 42.0 Å². The van der Waals surface area contributed by atoms with Gasteiger partial charge in [-0.3, -0.25) is 9.78 Å². The standard InChI is InChI=1S/C30H21F3N2O/c1-19-7-11-25(17-27(19)22-9-8-20-13-14-34-18-23(20)15-22)35-29(36)28-16-24(30(31,32)33)10-12-26(28)21-5-3-2-4-6-21/h2-18H,1H3,(H,35,36). The van der Waals surface area contributed by atoms with Crippen molar-refractivity contribution in [2.24, 2.45) is 0 Å². The fraction of sp³-hybridized carbons (Fsp3) is 0.0667. The lowest BCUT2D eigenvalue weighted by molar-refractivity contribution is -0.137. The number of hydrogen-bond acceptors (Lipinski definition) is 2. The van der Waals surface area contributed by atoms with E-state index >= 15 is 0 Å². The van der Waals surface area contributed by atoms with E-state index in [1.165, 1.54) is 6.07 Å². The molecule has 0 radical (unpaired) electrons. The predicted molar refractivity (Wildman–Crippen MR) is 137 cm³/mol. The molecule has 4 aromatic carbocycles. The summed E-state index contributed by atoms with van der Waals surface area (Å²) in [6.45, 7) is 1.97. The monoisotopic (exact) mass is 482 g/mol. The first-order chi connectivity index (χ1) is 17.3. The molecule has 3 nitrogen and oxygen atoms in total. The van der Waals surface area contributed by atoms with Crippen LogP contribution in [0.25, 0.3) is 33.0 Å². The zero-order valence-electron chi connectivity index (χ0n) is 19.3. The van der Waals surface area contributed by atoms with Gasteiger partial charge in [0.1, 0.15) is 0 Å². The summed E-state index contributed by atoms with van der Waals surface area (Å²) in [7, 11) is 0. The van der Waals surface area contributed by atoms with Gasteiger partial charge in [0.25, 0.3) is 5.91 Å². The van der Waals surface area contributed by atoms with Crippen LogP contribution in [0, 0.1) is 6.92 Å². The highest BCUT2D eigenvalue weighted by atomic mass is 19.4. The molecule has 6 heteroatoms. The minimum atomic E-state index is -4.56. The van der Waals surface area contributed by atoms with E-state index in [0.717, 1.165) is 39.6 Å². The first-order valence-corrected chi connectivity index (χ1v) is 11.3. The Bertz CT molecular complexity index is 1580. The summed E-state index contributed by atoms with van der Waals surface area (Å²) < 4.78 is 40.4. The van der Waals surface area contributed by atoms with Crippen molar-refractivity contribution in [3.05, 3.63) is 120 Å². The first-order valence-electron chi connectivity index (χ1n) is 11.3. The zero-order chi connectivity index (χ0) is 25.3. The normalized spacial score (nSPS) is 11.4. The highest BCUT2D eigenvalue weighted by Crippen LogP contribution is 2.34. The maximum absolute atomic E-state index is 13.5. The molecule has 0 saturated heterocycles. The summed E-state index contributed by atoms with van der Waals surface area (Å²) in [5.74, 6) is -0.613. The lowest BCUT2D eigenvalue weighted by atomic mass is 9.96. The predicted octanol–water partition coefficient (Wildman–Crippen LogP) is 8.15. The second kappa shape index (κ2) is 9.30. The van der Waals surface area contributed by atoms with Crippen LogP contribution in [0.3, 0.4) is 0 Å². The summed E-state index contributed by atoms with van der Waals surface area (Å²) in [5, 5.41) is 4.85. The summed E-state index contributed by atoms with van der Waals surface area (Å²) in [4.78, 5) is 17.5. The largest absolute Gasteiger partial charge is 0.416 e. The van der Waals surface area contributed by atoms with Gasteiger partial charge in [-0.2, -0.15) is 13.2 Å². The quantitative estimate of drug-likeness (QED) is 0.281. The Morgan fingerprint density at radius 3 is 2.36 bits per heavy atom. The molecule has 0 atom stereocenters. The first kappa shape index (κ1) is 23.3. The van der Waals surface area contributed by atoms with Crippen LogP contribution in [0.4, 0.5) is 18.9 Å². The van der Waals surface area contributed by atoms with Crippen molar-refractivity contribution >= 4 is 22.4 Å². The third-order valence-electron chi connectivity index (χ3n) is 6.12. The van der Waals surface area contributed by atoms with Gasteiger partial charge in [0.15, 0.2) is 0 Å². The number of nitrogens with zero attached hydrogens (tertiary/aromatic N) is 1. The second-order valence-electron chi connectivity index (χ2n) is 8.55. The molecule has 0 aliphatic carbocycles. The summed E-state index contributed by atoms with van der Waals surface area (Å²) in [6, 6.07) is 25.6. The summed E-state index contributed by atoms with van der Waals surface area (Å²) >= 11 is 0. The third-order valence-corrected chi connectivity index (χ3v) is 6.12. The van der Waals surface area contributed by atoms with Crippen LogP contribution in [0.15, 0.2) is 103 Å². The minimum Gasteiger partial charge on any atom is -0.322 e. The van der Waals surface area contributed by atoms with Crippen molar-refractivity contribution in [2.45, 2.75) is 13.1 Å². The molecule has 1 aromatic heterocycles. The van der Waals surface area contributed by atoms with E-state index in [1.54, 1.807) is 42.7 Å². The zero-order valence-corrected chi connectivity index (χ0v) is 19.3. The Morgan fingerprint density at radius 2 is 1.58 bits per heavy atom. The number of halogens is 3. The van der Waals surface area contributed by atoms with Crippen molar-refractivity contribution in [1.29, 1.82) is 0 Å². The molecule has 178 valence electrons. The average molecular weight is 483 g/mol. The number of alkyl halides is 3. The molecule has 5 rings (SSSR count). The molecule has 0 fully saturated rings. The van der Waals surface area contributed by atoms with Gasteiger partial charge >= 0.3 is 6.18 Å². The number of rotatable bonds is 4. The number of benzene rings is 4. The molecule has 0 aliphatic heterocycles. The van der Waals surface area contributed by atoms with Crippen molar-refractivity contribution in [2.75, 3.05) is 5.32 Å². The SMILES string of the molecule is Cc1ccc(NC(=O)c2cc(C(F)(F)F)ccc2-c2ccccc2)cc1-c1ccc2ccncc2c1. The van der Waals surface area contributed by atoms with Gasteiger partial charge < -0.3 is 5.32 Å². The third kappa shape index (κ3) is 4.70. The maximum atomic E-state index is 13.5. The van der Waals surface area contributed by atoms with E-state index in [-0.39, 0.29) is 5.56 Å². The molecule has 1 heterocycles.